The van der Waals surface area contributed by atoms with E-state index >= 15 is 0 Å². The first-order valence-corrected chi connectivity index (χ1v) is 12.9. The zero-order valence-corrected chi connectivity index (χ0v) is 20.2. The lowest BCUT2D eigenvalue weighted by Crippen LogP contribution is -2.43. The van der Waals surface area contributed by atoms with E-state index in [0.717, 1.165) is 4.90 Å². The van der Waals surface area contributed by atoms with E-state index in [1.165, 1.54) is 18.1 Å². The number of nitrogens with two attached hydrogens (primary N) is 1. The van der Waals surface area contributed by atoms with Gasteiger partial charge in [0.05, 0.1) is 5.75 Å². The molecule has 0 radical (unpaired) electrons. The minimum atomic E-state index is -3.47. The average molecular weight is 491 g/mol. The lowest BCUT2D eigenvalue weighted by Gasteiger charge is -2.30. The summed E-state index contributed by atoms with van der Waals surface area (Å²) in [6, 6.07) is 3.61. The van der Waals surface area contributed by atoms with Crippen LogP contribution in [0.3, 0.4) is 0 Å². The molecule has 0 bridgehead atoms. The zero-order valence-electron chi connectivity index (χ0n) is 18.6. The summed E-state index contributed by atoms with van der Waals surface area (Å²) in [5.41, 5.74) is 7.09. The van der Waals surface area contributed by atoms with E-state index in [9.17, 15) is 8.42 Å². The summed E-state index contributed by atoms with van der Waals surface area (Å²) in [7, 11) is -1.61. The van der Waals surface area contributed by atoms with Gasteiger partial charge >= 0.3 is 0 Å². The van der Waals surface area contributed by atoms with Gasteiger partial charge in [0, 0.05) is 36.7 Å². The summed E-state index contributed by atoms with van der Waals surface area (Å²) in [6.45, 7) is 4.63. The van der Waals surface area contributed by atoms with Gasteiger partial charge in [-0.05, 0) is 12.0 Å². The first-order valence-electron chi connectivity index (χ1n) is 10.3. The third kappa shape index (κ3) is 4.75. The lowest BCUT2D eigenvalue weighted by molar-refractivity contribution is 0.174. The molecule has 2 aliphatic rings. The van der Waals surface area contributed by atoms with Gasteiger partial charge in [-0.15, -0.1) is 6.42 Å². The van der Waals surface area contributed by atoms with E-state index in [0.29, 0.717) is 40.9 Å². The van der Waals surface area contributed by atoms with Gasteiger partial charge in [-0.25, -0.2) is 23.1 Å². The molecule has 1 unspecified atom stereocenters. The van der Waals surface area contributed by atoms with Crippen molar-refractivity contribution in [2.45, 2.75) is 24.2 Å². The van der Waals surface area contributed by atoms with Gasteiger partial charge in [-0.2, -0.15) is 0 Å². The number of benzene rings is 1. The van der Waals surface area contributed by atoms with E-state index < -0.39 is 10.0 Å². The quantitative estimate of drug-likeness (QED) is 0.528. The maximum absolute atomic E-state index is 12.6. The number of aromatic nitrogens is 2. The molecular formula is C21H26N6O4S2. The fourth-order valence-electron chi connectivity index (χ4n) is 3.55. The molecule has 0 fully saturated rings. The Bertz CT molecular complexity index is 1200. The molecule has 33 heavy (non-hydrogen) atoms. The van der Waals surface area contributed by atoms with Gasteiger partial charge in [-0.3, -0.25) is 0 Å². The van der Waals surface area contributed by atoms with Crippen molar-refractivity contribution in [3.8, 4) is 23.8 Å². The average Bonchev–Trinajstić information content (AvgIpc) is 3.33. The van der Waals surface area contributed by atoms with Gasteiger partial charge in [0.2, 0.25) is 16.8 Å². The van der Waals surface area contributed by atoms with Crippen LogP contribution in [0.2, 0.25) is 0 Å². The van der Waals surface area contributed by atoms with Crippen molar-refractivity contribution in [3.63, 3.8) is 0 Å². The molecule has 0 amide bonds. The van der Waals surface area contributed by atoms with Crippen molar-refractivity contribution < 1.29 is 17.9 Å². The van der Waals surface area contributed by atoms with E-state index in [2.05, 4.69) is 20.6 Å². The number of nitrogens with zero attached hydrogens (tertiary/aromatic N) is 4. The molecule has 176 valence electrons. The fourth-order valence-corrected chi connectivity index (χ4v) is 5.96. The molecule has 3 N–H and O–H groups in total. The Balaban J connectivity index is 1.64. The summed E-state index contributed by atoms with van der Waals surface area (Å²) < 4.78 is 38.7. The van der Waals surface area contributed by atoms with Crippen LogP contribution in [0.4, 0.5) is 17.3 Å². The predicted molar refractivity (Wildman–Crippen MR) is 129 cm³/mol. The van der Waals surface area contributed by atoms with E-state index in [-0.39, 0.29) is 30.5 Å². The monoisotopic (exact) mass is 490 g/mol. The molecule has 1 atom stereocenters. The number of terminal acetylenes is 1. The highest BCUT2D eigenvalue weighted by molar-refractivity contribution is 8.00. The molecule has 12 heteroatoms. The maximum Gasteiger partial charge on any atom is 0.231 e. The smallest absolute Gasteiger partial charge is 0.231 e. The normalized spacial score (nSPS) is 16.9. The number of hydrogen-bond donors (Lipinski definition) is 2. The number of ether oxygens (including phenoxy) is 2. The second-order valence-electron chi connectivity index (χ2n) is 8.09. The van der Waals surface area contributed by atoms with E-state index in [1.807, 2.05) is 36.8 Å². The maximum atomic E-state index is 12.6. The molecule has 0 spiro atoms. The van der Waals surface area contributed by atoms with Crippen LogP contribution in [0.15, 0.2) is 23.4 Å². The summed E-state index contributed by atoms with van der Waals surface area (Å²) >= 11 is 1.45. The Hall–Kier alpha value is -2.88. The summed E-state index contributed by atoms with van der Waals surface area (Å²) in [6.07, 6.45) is 7.13. The molecule has 0 saturated heterocycles. The standard InChI is InChI=1S/C21H26N6O4S2/c1-5-14-8-15-16(31-12-30-15)9-17(14)32-21-26(4)18-19(22)23-11-24-20(18)27(21)6-7-33(28,29)25-10-13(2)3/h1,8-9,11,13,21,25H,6-7,10,12H2,2-4H3,(H2,22,23,24). The minimum Gasteiger partial charge on any atom is -0.454 e. The molecule has 1 aromatic heterocycles. The van der Waals surface area contributed by atoms with Crippen LogP contribution in [0.5, 0.6) is 11.5 Å². The van der Waals surface area contributed by atoms with Crippen LogP contribution < -0.4 is 29.7 Å². The van der Waals surface area contributed by atoms with Crippen LogP contribution >= 0.6 is 11.8 Å². The lowest BCUT2D eigenvalue weighted by atomic mass is 10.2. The fraction of sp³-hybridized carbons (Fsp3) is 0.429. The first-order chi connectivity index (χ1) is 15.7. The van der Waals surface area contributed by atoms with Gasteiger partial charge < -0.3 is 25.0 Å². The van der Waals surface area contributed by atoms with Crippen LogP contribution in [0.25, 0.3) is 0 Å². The number of fused-ring (bicyclic) bond motifs is 2. The highest BCUT2D eigenvalue weighted by atomic mass is 32.2. The Labute approximate surface area is 197 Å². The Kier molecular flexibility index (Phi) is 6.47. The van der Waals surface area contributed by atoms with Gasteiger partial charge in [0.15, 0.2) is 28.6 Å². The number of rotatable bonds is 8. The number of thioether (sulfide) groups is 1. The Morgan fingerprint density at radius 3 is 2.76 bits per heavy atom. The number of hydrogen-bond acceptors (Lipinski definition) is 10. The number of nitrogens with one attached hydrogen (secondary N) is 1. The van der Waals surface area contributed by atoms with Crippen molar-refractivity contribution in [2.24, 2.45) is 5.92 Å². The molecule has 2 aliphatic heterocycles. The zero-order chi connectivity index (χ0) is 23.8. The number of anilines is 3. The van der Waals surface area contributed by atoms with Crippen LogP contribution in [0, 0.1) is 18.3 Å². The van der Waals surface area contributed by atoms with Crippen molar-refractivity contribution in [1.29, 1.82) is 0 Å². The van der Waals surface area contributed by atoms with E-state index in [4.69, 9.17) is 21.6 Å². The topological polar surface area (TPSA) is 123 Å². The molecule has 0 saturated carbocycles. The van der Waals surface area contributed by atoms with Gasteiger partial charge in [0.1, 0.15) is 12.0 Å². The largest absolute Gasteiger partial charge is 0.454 e. The molecule has 3 heterocycles. The van der Waals surface area contributed by atoms with E-state index in [1.54, 1.807) is 6.07 Å². The second kappa shape index (κ2) is 9.17. The third-order valence-corrected chi connectivity index (χ3v) is 7.93. The van der Waals surface area contributed by atoms with Crippen molar-refractivity contribution in [3.05, 3.63) is 24.0 Å². The summed E-state index contributed by atoms with van der Waals surface area (Å²) in [4.78, 5) is 13.1. The molecule has 4 rings (SSSR count). The van der Waals surface area contributed by atoms with Crippen molar-refractivity contribution in [2.75, 3.05) is 48.2 Å². The number of nitrogen functional groups attached to an aromatic ring is 1. The highest BCUT2D eigenvalue weighted by Crippen LogP contribution is 2.47. The number of sulfonamides is 1. The highest BCUT2D eigenvalue weighted by Gasteiger charge is 2.38. The van der Waals surface area contributed by atoms with Crippen LogP contribution in [0.1, 0.15) is 19.4 Å². The summed E-state index contributed by atoms with van der Waals surface area (Å²) in [5.74, 6) is 4.91. The predicted octanol–water partition coefficient (Wildman–Crippen LogP) is 1.68. The van der Waals surface area contributed by atoms with Gasteiger partial charge in [-0.1, -0.05) is 31.5 Å². The molecule has 2 aromatic rings. The minimum absolute atomic E-state index is 0.100. The summed E-state index contributed by atoms with van der Waals surface area (Å²) in [5, 5.41) is 0. The third-order valence-electron chi connectivity index (χ3n) is 5.23. The van der Waals surface area contributed by atoms with Crippen molar-refractivity contribution in [1.82, 2.24) is 14.7 Å². The second-order valence-corrected chi connectivity index (χ2v) is 11.1. The molecule has 1 aromatic carbocycles. The molecular weight excluding hydrogens is 464 g/mol. The SMILES string of the molecule is C#Cc1cc2c(cc1SC1N(C)c3c(N)ncnc3N1CCS(=O)(=O)NCC(C)C)OCO2. The van der Waals surface area contributed by atoms with Crippen LogP contribution in [-0.2, 0) is 10.0 Å². The molecule has 10 nitrogen and oxygen atoms in total. The first kappa shape index (κ1) is 23.3. The van der Waals surface area contributed by atoms with Crippen molar-refractivity contribution >= 4 is 39.1 Å². The Morgan fingerprint density at radius 2 is 2.06 bits per heavy atom. The Morgan fingerprint density at radius 1 is 1.33 bits per heavy atom. The van der Waals surface area contributed by atoms with Gasteiger partial charge in [0.25, 0.3) is 0 Å². The van der Waals surface area contributed by atoms with Crippen LogP contribution in [-0.4, -0.2) is 56.6 Å². The molecule has 0 aliphatic carbocycles.